The van der Waals surface area contributed by atoms with Crippen molar-refractivity contribution in [3.63, 3.8) is 0 Å². The maximum Gasteiger partial charge on any atom is 0.142 e. The Hall–Kier alpha value is -1.81. The minimum atomic E-state index is -0.425. The molecule has 1 heterocycles. The number of halogens is 2. The molecule has 1 aromatic carbocycles. The van der Waals surface area contributed by atoms with Crippen LogP contribution in [0.5, 0.6) is 0 Å². The van der Waals surface area contributed by atoms with Crippen LogP contribution in [-0.2, 0) is 6.54 Å². The molecule has 1 aromatic heterocycles. The van der Waals surface area contributed by atoms with Gasteiger partial charge in [-0.2, -0.15) is 0 Å². The van der Waals surface area contributed by atoms with Crippen LogP contribution in [0.3, 0.4) is 0 Å². The Labute approximate surface area is 105 Å². The molecule has 0 aliphatic carbocycles. The normalized spacial score (nSPS) is 10.6. The van der Waals surface area contributed by atoms with Gasteiger partial charge in [0.1, 0.15) is 11.6 Å². The third-order valence-corrected chi connectivity index (χ3v) is 2.65. The van der Waals surface area contributed by atoms with Gasteiger partial charge < -0.3 is 5.32 Å². The monoisotopic (exact) mass is 248 g/mol. The minimum Gasteiger partial charge on any atom is -0.313 e. The lowest BCUT2D eigenvalue weighted by Crippen LogP contribution is -2.12. The van der Waals surface area contributed by atoms with Crippen molar-refractivity contribution in [2.24, 2.45) is 0 Å². The molecule has 0 aliphatic heterocycles. The Morgan fingerprint density at radius 1 is 1.11 bits per heavy atom. The van der Waals surface area contributed by atoms with Crippen LogP contribution in [0.15, 0.2) is 36.7 Å². The van der Waals surface area contributed by atoms with Crippen LogP contribution in [-0.4, -0.2) is 11.5 Å². The van der Waals surface area contributed by atoms with Crippen molar-refractivity contribution in [3.8, 4) is 11.1 Å². The summed E-state index contributed by atoms with van der Waals surface area (Å²) in [6.45, 7) is 3.42. The van der Waals surface area contributed by atoms with Gasteiger partial charge in [-0.05, 0) is 35.9 Å². The first-order valence-electron chi connectivity index (χ1n) is 5.80. The van der Waals surface area contributed by atoms with Gasteiger partial charge in [0.15, 0.2) is 0 Å². The number of nitrogens with one attached hydrogen (secondary N) is 1. The summed E-state index contributed by atoms with van der Waals surface area (Å²) in [6, 6.07) is 5.88. The number of hydrogen-bond donors (Lipinski definition) is 1. The molecule has 0 saturated heterocycles. The number of hydrogen-bond acceptors (Lipinski definition) is 2. The molecule has 0 unspecified atom stereocenters. The van der Waals surface area contributed by atoms with Gasteiger partial charge >= 0.3 is 0 Å². The van der Waals surface area contributed by atoms with Gasteiger partial charge in [0.25, 0.3) is 0 Å². The fourth-order valence-electron chi connectivity index (χ4n) is 1.79. The van der Waals surface area contributed by atoms with Crippen molar-refractivity contribution in [3.05, 3.63) is 53.9 Å². The van der Waals surface area contributed by atoms with Crippen LogP contribution in [0, 0.1) is 11.6 Å². The van der Waals surface area contributed by atoms with Crippen molar-refractivity contribution in [1.29, 1.82) is 0 Å². The topological polar surface area (TPSA) is 24.9 Å². The standard InChI is InChI=1S/C14H14F2N2/c1-2-17-7-10-3-4-12(15)6-14(10)11-5-13(16)9-18-8-11/h3-6,8-9,17H,2,7H2,1H3. The van der Waals surface area contributed by atoms with Crippen LogP contribution in [0.1, 0.15) is 12.5 Å². The summed E-state index contributed by atoms with van der Waals surface area (Å²) in [5, 5.41) is 3.17. The molecule has 0 amide bonds. The van der Waals surface area contributed by atoms with Gasteiger partial charge in [-0.1, -0.05) is 13.0 Å². The zero-order chi connectivity index (χ0) is 13.0. The highest BCUT2D eigenvalue weighted by atomic mass is 19.1. The third-order valence-electron chi connectivity index (χ3n) is 2.65. The molecule has 4 heteroatoms. The van der Waals surface area contributed by atoms with Crippen molar-refractivity contribution >= 4 is 0 Å². The molecule has 0 aliphatic rings. The van der Waals surface area contributed by atoms with E-state index < -0.39 is 5.82 Å². The lowest BCUT2D eigenvalue weighted by atomic mass is 10.0. The van der Waals surface area contributed by atoms with Gasteiger partial charge in [-0.3, -0.25) is 4.98 Å². The first kappa shape index (κ1) is 12.6. The molecule has 0 bridgehead atoms. The van der Waals surface area contributed by atoms with E-state index in [4.69, 9.17) is 0 Å². The molecule has 0 saturated carbocycles. The van der Waals surface area contributed by atoms with Gasteiger partial charge in [-0.15, -0.1) is 0 Å². The molecular weight excluding hydrogens is 234 g/mol. The van der Waals surface area contributed by atoms with Crippen molar-refractivity contribution in [1.82, 2.24) is 10.3 Å². The zero-order valence-corrected chi connectivity index (χ0v) is 10.1. The van der Waals surface area contributed by atoms with Crippen LogP contribution in [0.4, 0.5) is 8.78 Å². The van der Waals surface area contributed by atoms with E-state index in [1.165, 1.54) is 24.4 Å². The van der Waals surface area contributed by atoms with Gasteiger partial charge in [0, 0.05) is 18.3 Å². The number of aromatic nitrogens is 1. The summed E-state index contributed by atoms with van der Waals surface area (Å²) in [5.41, 5.74) is 2.18. The second-order valence-corrected chi connectivity index (χ2v) is 3.97. The van der Waals surface area contributed by atoms with E-state index in [2.05, 4.69) is 10.3 Å². The molecular formula is C14H14F2N2. The van der Waals surface area contributed by atoms with Crippen LogP contribution >= 0.6 is 0 Å². The summed E-state index contributed by atoms with van der Waals surface area (Å²) < 4.78 is 26.5. The second-order valence-electron chi connectivity index (χ2n) is 3.97. The molecule has 2 aromatic rings. The smallest absolute Gasteiger partial charge is 0.142 e. The van der Waals surface area contributed by atoms with Gasteiger partial charge in [-0.25, -0.2) is 8.78 Å². The fourth-order valence-corrected chi connectivity index (χ4v) is 1.79. The van der Waals surface area contributed by atoms with Crippen LogP contribution in [0.25, 0.3) is 11.1 Å². The second kappa shape index (κ2) is 5.69. The Balaban J connectivity index is 2.44. The molecule has 2 rings (SSSR count). The maximum absolute atomic E-state index is 13.3. The SMILES string of the molecule is CCNCc1ccc(F)cc1-c1cncc(F)c1. The summed E-state index contributed by atoms with van der Waals surface area (Å²) in [6.07, 6.45) is 2.67. The van der Waals surface area contributed by atoms with E-state index in [0.717, 1.165) is 18.3 Å². The fraction of sp³-hybridized carbons (Fsp3) is 0.214. The molecule has 1 N–H and O–H groups in total. The highest BCUT2D eigenvalue weighted by molar-refractivity contribution is 5.66. The van der Waals surface area contributed by atoms with Crippen molar-refractivity contribution in [2.75, 3.05) is 6.54 Å². The minimum absolute atomic E-state index is 0.338. The largest absolute Gasteiger partial charge is 0.313 e. The molecule has 2 nitrogen and oxygen atoms in total. The molecule has 0 spiro atoms. The lowest BCUT2D eigenvalue weighted by molar-refractivity contribution is 0.620. The Kier molecular flexibility index (Phi) is 3.99. The lowest BCUT2D eigenvalue weighted by Gasteiger charge is -2.10. The van der Waals surface area contributed by atoms with E-state index in [1.54, 1.807) is 6.07 Å². The Bertz CT molecular complexity index is 541. The van der Waals surface area contributed by atoms with Crippen molar-refractivity contribution in [2.45, 2.75) is 13.5 Å². The highest BCUT2D eigenvalue weighted by Gasteiger charge is 2.07. The first-order valence-corrected chi connectivity index (χ1v) is 5.80. The molecule has 0 radical (unpaired) electrons. The molecule has 0 fully saturated rings. The number of benzene rings is 1. The average molecular weight is 248 g/mol. The average Bonchev–Trinajstić information content (AvgIpc) is 2.37. The molecule has 94 valence electrons. The van der Waals surface area contributed by atoms with Crippen molar-refractivity contribution < 1.29 is 8.78 Å². The first-order chi connectivity index (χ1) is 8.70. The maximum atomic E-state index is 13.3. The van der Waals surface area contributed by atoms with Gasteiger partial charge in [0.05, 0.1) is 6.20 Å². The zero-order valence-electron chi connectivity index (χ0n) is 10.1. The summed E-state index contributed by atoms with van der Waals surface area (Å²) in [7, 11) is 0. The molecule has 18 heavy (non-hydrogen) atoms. The third kappa shape index (κ3) is 2.90. The summed E-state index contributed by atoms with van der Waals surface area (Å²) >= 11 is 0. The Morgan fingerprint density at radius 3 is 2.67 bits per heavy atom. The molecule has 0 atom stereocenters. The predicted octanol–water partition coefficient (Wildman–Crippen LogP) is 3.14. The van der Waals surface area contributed by atoms with E-state index in [9.17, 15) is 8.78 Å². The quantitative estimate of drug-likeness (QED) is 0.899. The van der Waals surface area contributed by atoms with Crippen LogP contribution < -0.4 is 5.32 Å². The van der Waals surface area contributed by atoms with Gasteiger partial charge in [0.2, 0.25) is 0 Å². The summed E-state index contributed by atoms with van der Waals surface area (Å²) in [5.74, 6) is -0.763. The van der Waals surface area contributed by atoms with E-state index >= 15 is 0 Å². The van der Waals surface area contributed by atoms with E-state index in [1.807, 2.05) is 6.92 Å². The summed E-state index contributed by atoms with van der Waals surface area (Å²) in [4.78, 5) is 3.79. The predicted molar refractivity (Wildman–Crippen MR) is 67.0 cm³/mol. The van der Waals surface area contributed by atoms with E-state index in [-0.39, 0.29) is 5.82 Å². The number of pyridine rings is 1. The highest BCUT2D eigenvalue weighted by Crippen LogP contribution is 2.24. The Morgan fingerprint density at radius 2 is 1.94 bits per heavy atom. The number of nitrogens with zero attached hydrogens (tertiary/aromatic N) is 1. The number of rotatable bonds is 4. The van der Waals surface area contributed by atoms with Crippen LogP contribution in [0.2, 0.25) is 0 Å². The van der Waals surface area contributed by atoms with E-state index in [0.29, 0.717) is 17.7 Å².